The van der Waals surface area contributed by atoms with Crippen molar-refractivity contribution in [2.45, 2.75) is 13.8 Å². The van der Waals surface area contributed by atoms with Crippen LogP contribution in [0.25, 0.3) is 28.2 Å². The average molecular weight is 439 g/mol. The molecule has 0 aliphatic heterocycles. The second kappa shape index (κ2) is 9.82. The summed E-state index contributed by atoms with van der Waals surface area (Å²) in [5, 5.41) is 6.90. The molecule has 33 heavy (non-hydrogen) atoms. The Morgan fingerprint density at radius 1 is 0.879 bits per heavy atom. The summed E-state index contributed by atoms with van der Waals surface area (Å²) in [4.78, 5) is 19.4. The molecule has 0 fully saturated rings. The van der Waals surface area contributed by atoms with Gasteiger partial charge in [0.25, 0.3) is 0 Å². The van der Waals surface area contributed by atoms with Crippen LogP contribution in [-0.2, 0) is 4.79 Å². The Bertz CT molecular complexity index is 1360. The van der Waals surface area contributed by atoms with Crippen molar-refractivity contribution in [1.29, 1.82) is 0 Å². The lowest BCUT2D eigenvalue weighted by Crippen LogP contribution is -1.98. The minimum atomic E-state index is -0.312. The van der Waals surface area contributed by atoms with Crippen LogP contribution in [0, 0.1) is 19.7 Å². The number of imidazole rings is 1. The summed E-state index contributed by atoms with van der Waals surface area (Å²) < 4.78 is 15.0. The lowest BCUT2D eigenvalue weighted by Gasteiger charge is -2.06. The highest BCUT2D eigenvalue weighted by Gasteiger charge is 2.17. The fourth-order valence-electron chi connectivity index (χ4n) is 3.31. The molecule has 164 valence electrons. The molecule has 1 amide bonds. The zero-order valence-electron chi connectivity index (χ0n) is 18.2. The molecule has 6 nitrogen and oxygen atoms in total. The quantitative estimate of drug-likeness (QED) is 0.377. The van der Waals surface area contributed by atoms with E-state index in [0.29, 0.717) is 23.6 Å². The van der Waals surface area contributed by atoms with Gasteiger partial charge in [-0.3, -0.25) is 4.79 Å². The van der Waals surface area contributed by atoms with Crippen molar-refractivity contribution >= 4 is 17.9 Å². The van der Waals surface area contributed by atoms with Crippen LogP contribution in [0.5, 0.6) is 0 Å². The first-order valence-electron chi connectivity index (χ1n) is 10.3. The van der Waals surface area contributed by atoms with E-state index in [-0.39, 0.29) is 5.82 Å². The fourth-order valence-corrected chi connectivity index (χ4v) is 3.31. The Morgan fingerprint density at radius 3 is 2.24 bits per heavy atom. The van der Waals surface area contributed by atoms with Gasteiger partial charge in [0.2, 0.25) is 6.41 Å². The highest BCUT2D eigenvalue weighted by molar-refractivity contribution is 5.83. The van der Waals surface area contributed by atoms with Crippen molar-refractivity contribution in [2.75, 3.05) is 5.32 Å². The van der Waals surface area contributed by atoms with E-state index >= 15 is 0 Å². The molecular formula is C26H22FN5O. The van der Waals surface area contributed by atoms with Crippen molar-refractivity contribution < 1.29 is 9.18 Å². The Balaban J connectivity index is 0.000000275. The number of halogens is 1. The van der Waals surface area contributed by atoms with Crippen molar-refractivity contribution in [3.63, 3.8) is 0 Å². The zero-order valence-corrected chi connectivity index (χ0v) is 18.2. The van der Waals surface area contributed by atoms with Crippen LogP contribution in [0.1, 0.15) is 11.1 Å². The highest BCUT2D eigenvalue weighted by Crippen LogP contribution is 2.32. The third-order valence-electron chi connectivity index (χ3n) is 4.97. The van der Waals surface area contributed by atoms with Crippen LogP contribution in [0.3, 0.4) is 0 Å². The second-order valence-electron chi connectivity index (χ2n) is 7.46. The van der Waals surface area contributed by atoms with Crippen molar-refractivity contribution in [3.8, 4) is 22.5 Å². The van der Waals surface area contributed by atoms with Crippen molar-refractivity contribution in [2.24, 2.45) is 0 Å². The summed E-state index contributed by atoms with van der Waals surface area (Å²) in [5.41, 5.74) is 6.28. The van der Waals surface area contributed by atoms with Crippen LogP contribution in [-0.4, -0.2) is 26.0 Å². The summed E-state index contributed by atoms with van der Waals surface area (Å²) in [5.74, 6) is 0.108. The number of hydrogen-bond donors (Lipinski definition) is 1. The number of rotatable bonds is 4. The first-order chi connectivity index (χ1) is 16.0. The average Bonchev–Trinajstić information content (AvgIpc) is 3.22. The molecule has 3 heterocycles. The largest absolute Gasteiger partial charge is 0.313 e. The summed E-state index contributed by atoms with van der Waals surface area (Å²) >= 11 is 0. The van der Waals surface area contributed by atoms with Gasteiger partial charge in [0.1, 0.15) is 17.3 Å². The maximum absolute atomic E-state index is 13.3. The summed E-state index contributed by atoms with van der Waals surface area (Å²) in [7, 11) is 0. The molecule has 0 saturated carbocycles. The predicted molar refractivity (Wildman–Crippen MR) is 127 cm³/mol. The molecule has 2 aromatic carbocycles. The molecule has 0 spiro atoms. The normalized spacial score (nSPS) is 10.4. The molecule has 5 rings (SSSR count). The molecule has 0 atom stereocenters. The van der Waals surface area contributed by atoms with Gasteiger partial charge in [0.15, 0.2) is 5.65 Å². The molecular weight excluding hydrogens is 417 g/mol. The Morgan fingerprint density at radius 2 is 1.58 bits per heavy atom. The number of benzene rings is 2. The number of nitrogens with one attached hydrogen (secondary N) is 1. The fraction of sp³-hybridized carbons (Fsp3) is 0.0769. The van der Waals surface area contributed by atoms with Crippen LogP contribution >= 0.6 is 0 Å². The minimum Gasteiger partial charge on any atom is -0.313 e. The van der Waals surface area contributed by atoms with E-state index in [0.717, 1.165) is 16.8 Å². The van der Waals surface area contributed by atoms with E-state index in [1.807, 2.05) is 6.07 Å². The standard InChI is InChI=1S/C18H12FN5O.C8H10/c19-14-5-3-12(4-6-14)17-18(24-16(23-17)2-1-8-22-24)13-7-9-20-15(10-13)21-11-25;1-7-3-5-8(2)6-4-7/h1-11H,(H,20,21,25);3-6H,1-2H3. The minimum absolute atomic E-state index is 0.312. The van der Waals surface area contributed by atoms with Gasteiger partial charge < -0.3 is 5.32 Å². The summed E-state index contributed by atoms with van der Waals surface area (Å²) in [6, 6.07) is 21.8. The first-order valence-corrected chi connectivity index (χ1v) is 10.3. The summed E-state index contributed by atoms with van der Waals surface area (Å²) in [6.45, 7) is 4.19. The van der Waals surface area contributed by atoms with Gasteiger partial charge in [0, 0.05) is 23.5 Å². The molecule has 0 aliphatic rings. The highest BCUT2D eigenvalue weighted by atomic mass is 19.1. The number of amides is 1. The van der Waals surface area contributed by atoms with Crippen LogP contribution in [0.15, 0.2) is 85.2 Å². The van der Waals surface area contributed by atoms with Crippen molar-refractivity contribution in [3.05, 3.63) is 102 Å². The molecule has 0 unspecified atom stereocenters. The molecule has 0 saturated heterocycles. The SMILES string of the molecule is Cc1ccc(C)cc1.O=CNc1cc(-c2c(-c3ccc(F)cc3)nc3cccnn23)ccn1. The van der Waals surface area contributed by atoms with E-state index in [1.165, 1.54) is 23.3 Å². The van der Waals surface area contributed by atoms with Gasteiger partial charge in [-0.2, -0.15) is 5.10 Å². The van der Waals surface area contributed by atoms with Crippen LogP contribution < -0.4 is 5.32 Å². The maximum Gasteiger partial charge on any atom is 0.212 e. The number of carbonyl (C=O) groups is 1. The van der Waals surface area contributed by atoms with Gasteiger partial charge in [-0.1, -0.05) is 35.4 Å². The second-order valence-corrected chi connectivity index (χ2v) is 7.46. The topological polar surface area (TPSA) is 72.2 Å². The molecule has 0 radical (unpaired) electrons. The van der Waals surface area contributed by atoms with E-state index in [2.05, 4.69) is 58.5 Å². The third-order valence-corrected chi connectivity index (χ3v) is 4.97. The molecule has 3 aromatic heterocycles. The Labute approximate surface area is 190 Å². The Kier molecular flexibility index (Phi) is 6.50. The molecule has 0 aliphatic carbocycles. The van der Waals surface area contributed by atoms with E-state index in [9.17, 15) is 9.18 Å². The third kappa shape index (κ3) is 5.10. The molecule has 1 N–H and O–H groups in total. The van der Waals surface area contributed by atoms with Crippen LogP contribution in [0.4, 0.5) is 10.2 Å². The number of carbonyl (C=O) groups excluding carboxylic acids is 1. The Hall–Kier alpha value is -4.39. The number of nitrogens with zero attached hydrogens (tertiary/aromatic N) is 4. The molecule has 0 bridgehead atoms. The van der Waals surface area contributed by atoms with Gasteiger partial charge in [-0.05, 0) is 62.4 Å². The lowest BCUT2D eigenvalue weighted by molar-refractivity contribution is -0.105. The van der Waals surface area contributed by atoms with Gasteiger partial charge in [0.05, 0.1) is 5.69 Å². The molecule has 5 aromatic rings. The number of fused-ring (bicyclic) bond motifs is 1. The first kappa shape index (κ1) is 21.8. The number of pyridine rings is 1. The van der Waals surface area contributed by atoms with E-state index in [4.69, 9.17) is 0 Å². The number of aryl methyl sites for hydroxylation is 2. The summed E-state index contributed by atoms with van der Waals surface area (Å²) in [6.07, 6.45) is 3.83. The monoisotopic (exact) mass is 439 g/mol. The number of hydrogen-bond acceptors (Lipinski definition) is 4. The number of aromatic nitrogens is 4. The van der Waals surface area contributed by atoms with E-state index in [1.54, 1.807) is 47.2 Å². The number of anilines is 1. The van der Waals surface area contributed by atoms with Gasteiger partial charge >= 0.3 is 0 Å². The maximum atomic E-state index is 13.3. The zero-order chi connectivity index (χ0) is 23.2. The predicted octanol–water partition coefficient (Wildman–Crippen LogP) is 5.47. The molecule has 7 heteroatoms. The smallest absolute Gasteiger partial charge is 0.212 e. The van der Waals surface area contributed by atoms with Gasteiger partial charge in [-0.15, -0.1) is 0 Å². The van der Waals surface area contributed by atoms with Crippen LogP contribution in [0.2, 0.25) is 0 Å². The van der Waals surface area contributed by atoms with Gasteiger partial charge in [-0.25, -0.2) is 18.9 Å². The van der Waals surface area contributed by atoms with E-state index < -0.39 is 0 Å². The lowest BCUT2D eigenvalue weighted by atomic mass is 10.1. The van der Waals surface area contributed by atoms with Crippen molar-refractivity contribution in [1.82, 2.24) is 19.6 Å².